The molecule has 3 rings (SSSR count). The van der Waals surface area contributed by atoms with Gasteiger partial charge in [0.2, 0.25) is 6.79 Å². The van der Waals surface area contributed by atoms with Crippen LogP contribution in [0.4, 0.5) is 0 Å². The van der Waals surface area contributed by atoms with E-state index < -0.39 is 0 Å². The van der Waals surface area contributed by atoms with Crippen molar-refractivity contribution >= 4 is 11.0 Å². The molecule has 0 fully saturated rings. The Labute approximate surface area is 131 Å². The van der Waals surface area contributed by atoms with Crippen LogP contribution in [0.5, 0.6) is 11.5 Å². The van der Waals surface area contributed by atoms with Crippen LogP contribution in [-0.4, -0.2) is 21.9 Å². The molecule has 0 saturated heterocycles. The molecule has 0 aliphatic carbocycles. The number of rotatable bonds is 5. The molecule has 0 unspecified atom stereocenters. The van der Waals surface area contributed by atoms with Crippen LogP contribution in [0.15, 0.2) is 12.1 Å². The van der Waals surface area contributed by atoms with Crippen molar-refractivity contribution in [3.63, 3.8) is 0 Å². The SMILES string of the molecule is CCC(CC)c1nc2cc3c(cc2n1CC(C)(C)N)OCO3. The third-order valence-electron chi connectivity index (χ3n) is 4.19. The van der Waals surface area contributed by atoms with E-state index in [4.69, 9.17) is 20.2 Å². The predicted molar refractivity (Wildman–Crippen MR) is 87.4 cm³/mol. The zero-order valence-electron chi connectivity index (χ0n) is 13.8. The summed E-state index contributed by atoms with van der Waals surface area (Å²) in [6.45, 7) is 9.51. The van der Waals surface area contributed by atoms with Gasteiger partial charge in [-0.05, 0) is 26.7 Å². The lowest BCUT2D eigenvalue weighted by Crippen LogP contribution is -2.37. The second-order valence-electron chi connectivity index (χ2n) is 6.75. The standard InChI is InChI=1S/C17H25N3O2/c1-5-11(6-2)16-19-12-7-14-15(22-10-21-14)8-13(12)20(16)9-17(3,4)18/h7-8,11H,5-6,9-10,18H2,1-4H3. The van der Waals surface area contributed by atoms with E-state index >= 15 is 0 Å². The van der Waals surface area contributed by atoms with E-state index in [9.17, 15) is 0 Å². The summed E-state index contributed by atoms with van der Waals surface area (Å²) in [4.78, 5) is 4.89. The zero-order valence-corrected chi connectivity index (χ0v) is 13.8. The van der Waals surface area contributed by atoms with Crippen molar-refractivity contribution < 1.29 is 9.47 Å². The van der Waals surface area contributed by atoms with E-state index in [0.717, 1.165) is 47.7 Å². The van der Waals surface area contributed by atoms with Crippen molar-refractivity contribution in [3.05, 3.63) is 18.0 Å². The molecule has 0 bridgehead atoms. The Kier molecular flexibility index (Phi) is 3.77. The number of hydrogen-bond acceptors (Lipinski definition) is 4. The summed E-state index contributed by atoms with van der Waals surface area (Å²) < 4.78 is 13.3. The highest BCUT2D eigenvalue weighted by atomic mass is 16.7. The minimum Gasteiger partial charge on any atom is -0.454 e. The van der Waals surface area contributed by atoms with Gasteiger partial charge in [-0.15, -0.1) is 0 Å². The van der Waals surface area contributed by atoms with Gasteiger partial charge in [0.1, 0.15) is 5.82 Å². The maximum Gasteiger partial charge on any atom is 0.231 e. The minimum absolute atomic E-state index is 0.281. The fourth-order valence-corrected chi connectivity index (χ4v) is 3.07. The zero-order chi connectivity index (χ0) is 15.9. The lowest BCUT2D eigenvalue weighted by atomic mass is 10.0. The van der Waals surface area contributed by atoms with E-state index in [-0.39, 0.29) is 12.3 Å². The fraction of sp³-hybridized carbons (Fsp3) is 0.588. The largest absolute Gasteiger partial charge is 0.454 e. The lowest BCUT2D eigenvalue weighted by molar-refractivity contribution is 0.174. The molecule has 2 aromatic rings. The maximum atomic E-state index is 6.28. The minimum atomic E-state index is -0.301. The number of imidazole rings is 1. The summed E-state index contributed by atoms with van der Waals surface area (Å²) in [5.74, 6) is 3.12. The Morgan fingerprint density at radius 2 is 1.86 bits per heavy atom. The van der Waals surface area contributed by atoms with Gasteiger partial charge in [0.15, 0.2) is 11.5 Å². The quantitative estimate of drug-likeness (QED) is 0.919. The van der Waals surface area contributed by atoms with Gasteiger partial charge in [-0.3, -0.25) is 0 Å². The van der Waals surface area contributed by atoms with Crippen LogP contribution in [0.25, 0.3) is 11.0 Å². The molecule has 22 heavy (non-hydrogen) atoms. The van der Waals surface area contributed by atoms with Gasteiger partial charge in [0, 0.05) is 30.1 Å². The molecule has 1 aliphatic heterocycles. The number of fused-ring (bicyclic) bond motifs is 2. The third kappa shape index (κ3) is 2.65. The van der Waals surface area contributed by atoms with Crippen LogP contribution in [-0.2, 0) is 6.54 Å². The monoisotopic (exact) mass is 303 g/mol. The number of ether oxygens (including phenoxy) is 2. The van der Waals surface area contributed by atoms with Gasteiger partial charge < -0.3 is 19.8 Å². The third-order valence-corrected chi connectivity index (χ3v) is 4.19. The number of benzene rings is 1. The van der Waals surface area contributed by atoms with Gasteiger partial charge in [0.05, 0.1) is 11.0 Å². The summed E-state index contributed by atoms with van der Waals surface area (Å²) in [5.41, 5.74) is 8.00. The van der Waals surface area contributed by atoms with Crippen LogP contribution in [0.3, 0.4) is 0 Å². The molecule has 0 atom stereocenters. The van der Waals surface area contributed by atoms with Crippen LogP contribution in [0.1, 0.15) is 52.3 Å². The first-order chi connectivity index (χ1) is 10.4. The molecule has 0 spiro atoms. The van der Waals surface area contributed by atoms with E-state index in [1.807, 2.05) is 26.0 Å². The topological polar surface area (TPSA) is 62.3 Å². The fourth-order valence-electron chi connectivity index (χ4n) is 3.07. The van der Waals surface area contributed by atoms with Crippen LogP contribution >= 0.6 is 0 Å². The van der Waals surface area contributed by atoms with Gasteiger partial charge in [-0.25, -0.2) is 4.98 Å². The van der Waals surface area contributed by atoms with E-state index in [2.05, 4.69) is 18.4 Å². The highest BCUT2D eigenvalue weighted by molar-refractivity contribution is 5.81. The van der Waals surface area contributed by atoms with Gasteiger partial charge in [-0.1, -0.05) is 13.8 Å². The summed E-state index contributed by atoms with van der Waals surface area (Å²) in [6.07, 6.45) is 2.13. The number of hydrogen-bond donors (Lipinski definition) is 1. The molecule has 2 N–H and O–H groups in total. The first-order valence-corrected chi connectivity index (χ1v) is 8.01. The Balaban J connectivity index is 2.18. The van der Waals surface area contributed by atoms with Crippen LogP contribution in [0.2, 0.25) is 0 Å². The van der Waals surface area contributed by atoms with E-state index in [1.54, 1.807) is 0 Å². The smallest absolute Gasteiger partial charge is 0.231 e. The Bertz CT molecular complexity index is 681. The number of aromatic nitrogens is 2. The molecule has 1 aromatic carbocycles. The predicted octanol–water partition coefficient (Wildman–Crippen LogP) is 3.41. The van der Waals surface area contributed by atoms with Gasteiger partial charge in [-0.2, -0.15) is 0 Å². The van der Waals surface area contributed by atoms with E-state index in [1.165, 1.54) is 0 Å². The van der Waals surface area contributed by atoms with Crippen LogP contribution in [0, 0.1) is 0 Å². The van der Waals surface area contributed by atoms with Gasteiger partial charge in [0.25, 0.3) is 0 Å². The van der Waals surface area contributed by atoms with Crippen LogP contribution < -0.4 is 15.2 Å². The molecule has 0 amide bonds. The molecule has 0 radical (unpaired) electrons. The highest BCUT2D eigenvalue weighted by Crippen LogP contribution is 2.38. The van der Waals surface area contributed by atoms with E-state index in [0.29, 0.717) is 5.92 Å². The second kappa shape index (κ2) is 5.47. The summed E-state index contributed by atoms with van der Waals surface area (Å²) in [6, 6.07) is 4.01. The second-order valence-corrected chi connectivity index (χ2v) is 6.75. The number of nitrogens with zero attached hydrogens (tertiary/aromatic N) is 2. The Hall–Kier alpha value is -1.75. The van der Waals surface area contributed by atoms with Crippen molar-refractivity contribution in [2.75, 3.05) is 6.79 Å². The first-order valence-electron chi connectivity index (χ1n) is 8.01. The average Bonchev–Trinajstić information content (AvgIpc) is 3.02. The van der Waals surface area contributed by atoms with Crippen molar-refractivity contribution in [1.82, 2.24) is 9.55 Å². The summed E-state index contributed by atoms with van der Waals surface area (Å²) in [5, 5.41) is 0. The lowest BCUT2D eigenvalue weighted by Gasteiger charge is -2.23. The first kappa shape index (κ1) is 15.2. The molecule has 5 nitrogen and oxygen atoms in total. The molecule has 2 heterocycles. The molecular formula is C17H25N3O2. The molecule has 5 heteroatoms. The van der Waals surface area contributed by atoms with Gasteiger partial charge >= 0.3 is 0 Å². The summed E-state index contributed by atoms with van der Waals surface area (Å²) >= 11 is 0. The molecular weight excluding hydrogens is 278 g/mol. The van der Waals surface area contributed by atoms with Crippen molar-refractivity contribution in [2.24, 2.45) is 5.73 Å². The van der Waals surface area contributed by atoms with Crippen molar-refractivity contribution in [1.29, 1.82) is 0 Å². The number of nitrogens with two attached hydrogens (primary N) is 1. The maximum absolute atomic E-state index is 6.28. The van der Waals surface area contributed by atoms with Crippen molar-refractivity contribution in [3.8, 4) is 11.5 Å². The Morgan fingerprint density at radius 1 is 1.23 bits per heavy atom. The van der Waals surface area contributed by atoms with Crippen molar-refractivity contribution in [2.45, 2.75) is 58.5 Å². The highest BCUT2D eigenvalue weighted by Gasteiger charge is 2.24. The average molecular weight is 303 g/mol. The Morgan fingerprint density at radius 3 is 2.45 bits per heavy atom. The molecule has 0 saturated carbocycles. The molecule has 1 aromatic heterocycles. The normalized spacial score (nSPS) is 14.3. The summed E-state index contributed by atoms with van der Waals surface area (Å²) in [7, 11) is 0. The molecule has 120 valence electrons. The molecule has 1 aliphatic rings.